The highest BCUT2D eigenvalue weighted by atomic mass is 16.7. The van der Waals surface area contributed by atoms with Gasteiger partial charge in [-0.25, -0.2) is 0 Å². The summed E-state index contributed by atoms with van der Waals surface area (Å²) in [6.45, 7) is 6.26. The van der Waals surface area contributed by atoms with Gasteiger partial charge in [-0.15, -0.1) is 0 Å². The summed E-state index contributed by atoms with van der Waals surface area (Å²) in [7, 11) is 0. The molecule has 0 spiro atoms. The van der Waals surface area contributed by atoms with Gasteiger partial charge >= 0.3 is 0 Å². The average molecular weight is 248 g/mol. The lowest BCUT2D eigenvalue weighted by molar-refractivity contribution is -0.180. The monoisotopic (exact) mass is 248 g/mol. The Balaban J connectivity index is 1.83. The molecule has 1 atom stereocenters. The molecule has 0 unspecified atom stereocenters. The molecule has 0 bridgehead atoms. The van der Waals surface area contributed by atoms with Crippen LogP contribution in [0.15, 0.2) is 18.2 Å². The minimum absolute atomic E-state index is 0.511. The molecule has 98 valence electrons. The number of fused-ring (bicyclic) bond motifs is 1. The second kappa shape index (κ2) is 4.56. The Labute approximate surface area is 108 Å². The number of rotatable bonds is 1. The summed E-state index contributed by atoms with van der Waals surface area (Å²) in [6.07, 6.45) is 2.37. The van der Waals surface area contributed by atoms with Crippen LogP contribution in [0, 0.1) is 0 Å². The topological polar surface area (TPSA) is 27.7 Å². The maximum Gasteiger partial charge on any atom is 0.205 e. The van der Waals surface area contributed by atoms with Crippen LogP contribution in [0.2, 0.25) is 0 Å². The van der Waals surface area contributed by atoms with Gasteiger partial charge in [0.05, 0.1) is 13.2 Å². The maximum atomic E-state index is 5.81. The average Bonchev–Trinajstić information content (AvgIpc) is 2.38. The van der Waals surface area contributed by atoms with Crippen molar-refractivity contribution in [2.45, 2.75) is 45.0 Å². The Hall–Kier alpha value is -1.06. The lowest BCUT2D eigenvalue weighted by atomic mass is 9.92. The van der Waals surface area contributed by atoms with Crippen molar-refractivity contribution in [3.8, 4) is 5.75 Å². The van der Waals surface area contributed by atoms with E-state index in [1.54, 1.807) is 0 Å². The van der Waals surface area contributed by atoms with Crippen molar-refractivity contribution in [3.63, 3.8) is 0 Å². The Kier molecular flexibility index (Phi) is 3.04. The molecule has 1 fully saturated rings. The Bertz CT molecular complexity index is 433. The third-order valence-corrected chi connectivity index (χ3v) is 3.65. The lowest BCUT2D eigenvalue weighted by Crippen LogP contribution is -2.35. The van der Waals surface area contributed by atoms with Crippen molar-refractivity contribution < 1.29 is 14.2 Å². The van der Waals surface area contributed by atoms with Crippen LogP contribution in [0.3, 0.4) is 0 Å². The van der Waals surface area contributed by atoms with E-state index in [-0.39, 0.29) is 0 Å². The van der Waals surface area contributed by atoms with Crippen molar-refractivity contribution in [1.82, 2.24) is 0 Å². The molecule has 3 nitrogen and oxygen atoms in total. The highest BCUT2D eigenvalue weighted by Crippen LogP contribution is 2.34. The number of hydrogen-bond acceptors (Lipinski definition) is 3. The molecule has 1 saturated heterocycles. The number of ether oxygens (including phenoxy) is 3. The molecule has 0 aromatic heterocycles. The molecule has 1 aromatic rings. The van der Waals surface area contributed by atoms with Crippen LogP contribution < -0.4 is 4.74 Å². The molecule has 0 amide bonds. The summed E-state index contributed by atoms with van der Waals surface area (Å²) in [5, 5.41) is 0. The van der Waals surface area contributed by atoms with Crippen molar-refractivity contribution >= 4 is 0 Å². The van der Waals surface area contributed by atoms with E-state index in [0.29, 0.717) is 12.5 Å². The molecular formula is C15H20O3. The van der Waals surface area contributed by atoms with E-state index in [2.05, 4.69) is 18.2 Å². The van der Waals surface area contributed by atoms with Crippen molar-refractivity contribution in [1.29, 1.82) is 0 Å². The molecule has 1 aromatic carbocycles. The van der Waals surface area contributed by atoms with Gasteiger partial charge in [0.25, 0.3) is 0 Å². The highest BCUT2D eigenvalue weighted by Gasteiger charge is 2.28. The van der Waals surface area contributed by atoms with Gasteiger partial charge in [-0.2, -0.15) is 0 Å². The highest BCUT2D eigenvalue weighted by molar-refractivity contribution is 5.39. The smallest absolute Gasteiger partial charge is 0.205 e. The maximum absolute atomic E-state index is 5.81. The van der Waals surface area contributed by atoms with Gasteiger partial charge < -0.3 is 14.2 Å². The fraction of sp³-hybridized carbons (Fsp3) is 0.600. The van der Waals surface area contributed by atoms with E-state index in [4.69, 9.17) is 14.2 Å². The van der Waals surface area contributed by atoms with E-state index in [0.717, 1.165) is 30.9 Å². The van der Waals surface area contributed by atoms with Gasteiger partial charge in [0.2, 0.25) is 5.79 Å². The number of hydrogen-bond donors (Lipinski definition) is 0. The van der Waals surface area contributed by atoms with Crippen LogP contribution in [0.5, 0.6) is 5.75 Å². The summed E-state index contributed by atoms with van der Waals surface area (Å²) in [5.41, 5.74) is 2.50. The van der Waals surface area contributed by atoms with Crippen LogP contribution in [-0.4, -0.2) is 19.0 Å². The lowest BCUT2D eigenvalue weighted by Gasteiger charge is -2.33. The van der Waals surface area contributed by atoms with Crippen LogP contribution in [0.25, 0.3) is 0 Å². The minimum atomic E-state index is -0.511. The third kappa shape index (κ3) is 2.38. The zero-order valence-electron chi connectivity index (χ0n) is 11.1. The van der Waals surface area contributed by atoms with Crippen LogP contribution in [0.4, 0.5) is 0 Å². The first-order valence-electron chi connectivity index (χ1n) is 6.68. The molecule has 0 N–H and O–H groups in total. The molecule has 2 heterocycles. The molecule has 3 heteroatoms. The minimum Gasteiger partial charge on any atom is -0.463 e. The van der Waals surface area contributed by atoms with Crippen LogP contribution in [-0.2, 0) is 16.1 Å². The van der Waals surface area contributed by atoms with Crippen molar-refractivity contribution in [2.75, 3.05) is 13.2 Å². The summed E-state index contributed by atoms with van der Waals surface area (Å²) in [5.74, 6) is 0.966. The Morgan fingerprint density at radius 1 is 1.28 bits per heavy atom. The molecule has 2 aliphatic heterocycles. The quantitative estimate of drug-likeness (QED) is 0.763. The standard InChI is InChI=1S/C15H20O3/c1-15(2)17-10-13-8-11(5-6-14(13)18-15)12-4-3-7-16-9-12/h5-6,8,12H,3-4,7,9-10H2,1-2H3/t12-/m0/s1. The summed E-state index contributed by atoms with van der Waals surface area (Å²) >= 11 is 0. The molecule has 3 rings (SSSR count). The Morgan fingerprint density at radius 3 is 2.94 bits per heavy atom. The summed E-state index contributed by atoms with van der Waals surface area (Å²) in [6, 6.07) is 6.45. The first-order chi connectivity index (χ1) is 8.64. The molecule has 0 aliphatic carbocycles. The van der Waals surface area contributed by atoms with Crippen LogP contribution >= 0.6 is 0 Å². The van der Waals surface area contributed by atoms with Gasteiger partial charge in [-0.05, 0) is 30.5 Å². The zero-order chi connectivity index (χ0) is 12.6. The van der Waals surface area contributed by atoms with E-state index in [9.17, 15) is 0 Å². The largest absolute Gasteiger partial charge is 0.463 e. The van der Waals surface area contributed by atoms with Gasteiger partial charge in [0.1, 0.15) is 5.75 Å². The second-order valence-corrected chi connectivity index (χ2v) is 5.57. The van der Waals surface area contributed by atoms with E-state index in [1.165, 1.54) is 12.0 Å². The van der Waals surface area contributed by atoms with Crippen molar-refractivity contribution in [2.24, 2.45) is 0 Å². The molecule has 0 radical (unpaired) electrons. The molecule has 18 heavy (non-hydrogen) atoms. The molecular weight excluding hydrogens is 228 g/mol. The fourth-order valence-corrected chi connectivity index (χ4v) is 2.62. The summed E-state index contributed by atoms with van der Waals surface area (Å²) in [4.78, 5) is 0. The van der Waals surface area contributed by atoms with Gasteiger partial charge in [-0.1, -0.05) is 6.07 Å². The normalized spacial score (nSPS) is 26.2. The predicted molar refractivity (Wildman–Crippen MR) is 68.7 cm³/mol. The molecule has 0 saturated carbocycles. The second-order valence-electron chi connectivity index (χ2n) is 5.57. The summed E-state index contributed by atoms with van der Waals surface area (Å²) < 4.78 is 17.0. The zero-order valence-corrected chi connectivity index (χ0v) is 11.1. The Morgan fingerprint density at radius 2 is 2.17 bits per heavy atom. The first kappa shape index (κ1) is 12.0. The van der Waals surface area contributed by atoms with E-state index in [1.807, 2.05) is 13.8 Å². The SMILES string of the molecule is CC1(C)OCc2cc([C@H]3CCCOC3)ccc2O1. The van der Waals surface area contributed by atoms with E-state index >= 15 is 0 Å². The van der Waals surface area contributed by atoms with Gasteiger partial charge in [0, 0.05) is 31.9 Å². The van der Waals surface area contributed by atoms with Gasteiger partial charge in [0.15, 0.2) is 0 Å². The van der Waals surface area contributed by atoms with E-state index < -0.39 is 5.79 Å². The van der Waals surface area contributed by atoms with Crippen molar-refractivity contribution in [3.05, 3.63) is 29.3 Å². The number of benzene rings is 1. The predicted octanol–water partition coefficient (Wildman–Crippen LogP) is 3.23. The van der Waals surface area contributed by atoms with Crippen LogP contribution in [0.1, 0.15) is 43.7 Å². The molecule has 2 aliphatic rings. The third-order valence-electron chi connectivity index (χ3n) is 3.65. The van der Waals surface area contributed by atoms with Gasteiger partial charge in [-0.3, -0.25) is 0 Å². The fourth-order valence-electron chi connectivity index (χ4n) is 2.62. The first-order valence-corrected chi connectivity index (χ1v) is 6.68.